The van der Waals surface area contributed by atoms with Gasteiger partial charge in [-0.25, -0.2) is 17.6 Å². The molecule has 3 rings (SSSR count). The third-order valence-electron chi connectivity index (χ3n) is 3.91. The van der Waals surface area contributed by atoms with Crippen LogP contribution < -0.4 is 10.6 Å². The maximum absolute atomic E-state index is 13.6. The first-order valence-electron chi connectivity index (χ1n) is 6.73. The number of carbonyl (C=O) groups is 1. The van der Waals surface area contributed by atoms with Crippen LogP contribution in [0.25, 0.3) is 0 Å². The van der Waals surface area contributed by atoms with Crippen molar-refractivity contribution in [2.75, 3.05) is 6.54 Å². The van der Waals surface area contributed by atoms with Gasteiger partial charge in [-0.3, -0.25) is 10.1 Å². The monoisotopic (exact) mass is 338 g/mol. The van der Waals surface area contributed by atoms with E-state index in [1.54, 1.807) is 0 Å². The second-order valence-corrected chi connectivity index (χ2v) is 5.59. The van der Waals surface area contributed by atoms with Gasteiger partial charge in [0.25, 0.3) is 5.92 Å². The van der Waals surface area contributed by atoms with Crippen LogP contribution in [0.3, 0.4) is 0 Å². The smallest absolute Gasteiger partial charge is 0.262 e. The number of hydrogen-bond acceptors (Lipinski definition) is 2. The van der Waals surface area contributed by atoms with Crippen molar-refractivity contribution in [2.45, 2.75) is 36.8 Å². The molecule has 0 radical (unpaired) electrons. The van der Waals surface area contributed by atoms with Crippen LogP contribution in [-0.4, -0.2) is 30.5 Å². The Morgan fingerprint density at radius 2 is 1.91 bits per heavy atom. The molecule has 1 amide bonds. The molecular formula is C14H15ClF4N2O. The summed E-state index contributed by atoms with van der Waals surface area (Å²) in [5.74, 6) is -5.17. The van der Waals surface area contributed by atoms with Crippen LogP contribution >= 0.6 is 12.4 Å². The van der Waals surface area contributed by atoms with Crippen LogP contribution in [0.15, 0.2) is 18.2 Å². The summed E-state index contributed by atoms with van der Waals surface area (Å²) in [7, 11) is 0. The molecule has 1 aromatic rings. The highest BCUT2D eigenvalue weighted by molar-refractivity contribution is 5.85. The number of benzene rings is 1. The fourth-order valence-corrected chi connectivity index (χ4v) is 2.72. The van der Waals surface area contributed by atoms with Gasteiger partial charge in [0.05, 0.1) is 12.6 Å². The van der Waals surface area contributed by atoms with Crippen LogP contribution in [0, 0.1) is 11.6 Å². The number of carbonyl (C=O) groups excluding carboxylic acids is 1. The van der Waals surface area contributed by atoms with E-state index in [1.807, 2.05) is 0 Å². The molecule has 2 N–H and O–H groups in total. The number of amides is 1. The highest BCUT2D eigenvalue weighted by Crippen LogP contribution is 2.43. The van der Waals surface area contributed by atoms with Gasteiger partial charge in [-0.1, -0.05) is 6.07 Å². The number of hydrogen-bond donors (Lipinski definition) is 2. The van der Waals surface area contributed by atoms with Gasteiger partial charge >= 0.3 is 0 Å². The van der Waals surface area contributed by atoms with Crippen molar-refractivity contribution in [3.05, 3.63) is 35.4 Å². The molecule has 1 aliphatic heterocycles. The molecule has 3 unspecified atom stereocenters. The molecule has 2 fully saturated rings. The first-order valence-corrected chi connectivity index (χ1v) is 6.73. The summed E-state index contributed by atoms with van der Waals surface area (Å²) in [6.07, 6.45) is -0.142. The summed E-state index contributed by atoms with van der Waals surface area (Å²) in [6.45, 7) is -0.527. The second kappa shape index (κ2) is 6.04. The molecular weight excluding hydrogens is 324 g/mol. The molecule has 3 nitrogen and oxygen atoms in total. The van der Waals surface area contributed by atoms with Gasteiger partial charge in [-0.15, -0.1) is 12.4 Å². The van der Waals surface area contributed by atoms with Crippen LogP contribution in [0.4, 0.5) is 17.6 Å². The quantitative estimate of drug-likeness (QED) is 0.831. The molecule has 2 aliphatic rings. The Morgan fingerprint density at radius 1 is 1.27 bits per heavy atom. The molecule has 0 aromatic heterocycles. The van der Waals surface area contributed by atoms with Gasteiger partial charge in [0.15, 0.2) is 0 Å². The lowest BCUT2D eigenvalue weighted by Gasteiger charge is -2.11. The summed E-state index contributed by atoms with van der Waals surface area (Å²) in [5, 5.41) is 5.02. The van der Waals surface area contributed by atoms with Crippen LogP contribution in [0.5, 0.6) is 0 Å². The molecule has 0 spiro atoms. The molecule has 1 heterocycles. The van der Waals surface area contributed by atoms with Gasteiger partial charge in [0.2, 0.25) is 5.91 Å². The first-order chi connectivity index (χ1) is 9.87. The largest absolute Gasteiger partial charge is 0.351 e. The summed E-state index contributed by atoms with van der Waals surface area (Å²) in [5.41, 5.74) is -0.0486. The Bertz CT molecular complexity index is 564. The van der Waals surface area contributed by atoms with Gasteiger partial charge in [-0.05, 0) is 18.6 Å². The average molecular weight is 339 g/mol. The zero-order valence-electron chi connectivity index (χ0n) is 11.4. The van der Waals surface area contributed by atoms with E-state index < -0.39 is 54.4 Å². The van der Waals surface area contributed by atoms with Gasteiger partial charge in [0.1, 0.15) is 11.6 Å². The fourth-order valence-electron chi connectivity index (χ4n) is 2.72. The van der Waals surface area contributed by atoms with Crippen molar-refractivity contribution in [3.8, 4) is 0 Å². The number of rotatable bonds is 3. The maximum Gasteiger partial charge on any atom is 0.262 e. The molecule has 8 heteroatoms. The Hall–Kier alpha value is -1.34. The Balaban J connectivity index is 0.00000176. The SMILES string of the molecule is Cl.O=C(NC1CC1c1c(F)cccc1F)C1CC(F)(F)CN1. The lowest BCUT2D eigenvalue weighted by atomic mass is 10.1. The van der Waals surface area contributed by atoms with E-state index in [4.69, 9.17) is 0 Å². The molecule has 22 heavy (non-hydrogen) atoms. The normalized spacial score (nSPS) is 28.8. The van der Waals surface area contributed by atoms with E-state index >= 15 is 0 Å². The van der Waals surface area contributed by atoms with Crippen molar-refractivity contribution in [3.63, 3.8) is 0 Å². The summed E-state index contributed by atoms with van der Waals surface area (Å²) >= 11 is 0. The third-order valence-corrected chi connectivity index (χ3v) is 3.91. The Labute approximate surface area is 130 Å². The first kappa shape index (κ1) is 17.0. The molecule has 3 atom stereocenters. The maximum atomic E-state index is 13.6. The van der Waals surface area contributed by atoms with E-state index in [1.165, 1.54) is 6.07 Å². The minimum Gasteiger partial charge on any atom is -0.351 e. The lowest BCUT2D eigenvalue weighted by Crippen LogP contribution is -2.41. The van der Waals surface area contributed by atoms with Crippen molar-refractivity contribution in [2.24, 2.45) is 0 Å². The second-order valence-electron chi connectivity index (χ2n) is 5.59. The topological polar surface area (TPSA) is 41.1 Å². The molecule has 122 valence electrons. The van der Waals surface area contributed by atoms with E-state index in [0.717, 1.165) is 12.1 Å². The standard InChI is InChI=1S/C14H14F4N2O.ClH/c15-8-2-1-3-9(16)12(8)7-4-10(7)20-13(21)11-5-14(17,18)6-19-11;/h1-3,7,10-11,19H,4-6H2,(H,20,21);1H. The average Bonchev–Trinajstić information content (AvgIpc) is 3.02. The van der Waals surface area contributed by atoms with Gasteiger partial charge < -0.3 is 5.32 Å². The molecule has 1 saturated heterocycles. The van der Waals surface area contributed by atoms with E-state index in [0.29, 0.717) is 6.42 Å². The highest BCUT2D eigenvalue weighted by atomic mass is 35.5. The van der Waals surface area contributed by atoms with Crippen LogP contribution in [0.1, 0.15) is 24.3 Å². The van der Waals surface area contributed by atoms with Gasteiger partial charge in [0, 0.05) is 23.9 Å². The number of nitrogens with one attached hydrogen (secondary N) is 2. The third kappa shape index (κ3) is 3.35. The Morgan fingerprint density at radius 3 is 2.45 bits per heavy atom. The number of halogens is 5. The van der Waals surface area contributed by atoms with Crippen LogP contribution in [0.2, 0.25) is 0 Å². The van der Waals surface area contributed by atoms with Crippen molar-refractivity contribution >= 4 is 18.3 Å². The van der Waals surface area contributed by atoms with E-state index in [2.05, 4.69) is 10.6 Å². The van der Waals surface area contributed by atoms with Gasteiger partial charge in [-0.2, -0.15) is 0 Å². The fraction of sp³-hybridized carbons (Fsp3) is 0.500. The minimum absolute atomic E-state index is 0. The molecule has 1 saturated carbocycles. The number of alkyl halides is 2. The van der Waals surface area contributed by atoms with Crippen molar-refractivity contribution in [1.29, 1.82) is 0 Å². The minimum atomic E-state index is -2.89. The van der Waals surface area contributed by atoms with Crippen molar-refractivity contribution in [1.82, 2.24) is 10.6 Å². The summed E-state index contributed by atoms with van der Waals surface area (Å²) in [4.78, 5) is 11.8. The zero-order valence-corrected chi connectivity index (χ0v) is 12.2. The Kier molecular flexibility index (Phi) is 4.67. The lowest BCUT2D eigenvalue weighted by molar-refractivity contribution is -0.123. The summed E-state index contributed by atoms with van der Waals surface area (Å²) < 4.78 is 53.2. The van der Waals surface area contributed by atoms with E-state index in [-0.39, 0.29) is 18.0 Å². The van der Waals surface area contributed by atoms with E-state index in [9.17, 15) is 22.4 Å². The zero-order chi connectivity index (χ0) is 15.2. The predicted molar refractivity (Wildman–Crippen MR) is 74.2 cm³/mol. The molecule has 1 aliphatic carbocycles. The molecule has 1 aromatic carbocycles. The highest BCUT2D eigenvalue weighted by Gasteiger charge is 2.46. The molecule has 0 bridgehead atoms. The van der Waals surface area contributed by atoms with Crippen molar-refractivity contribution < 1.29 is 22.4 Å². The summed E-state index contributed by atoms with van der Waals surface area (Å²) in [6, 6.07) is 2.24. The van der Waals surface area contributed by atoms with Crippen LogP contribution in [-0.2, 0) is 4.79 Å². The predicted octanol–water partition coefficient (Wildman–Crippen LogP) is 2.36.